The summed E-state index contributed by atoms with van der Waals surface area (Å²) in [5.41, 5.74) is 0.288. The molecule has 0 radical (unpaired) electrons. The highest BCUT2D eigenvalue weighted by molar-refractivity contribution is 5.92. The van der Waals surface area contributed by atoms with E-state index >= 15 is 0 Å². The Balaban J connectivity index is 1.77. The number of hydrogen-bond donors (Lipinski definition) is 1. The number of carboxylic acids is 1. The topological polar surface area (TPSA) is 102 Å². The zero-order valence-electron chi connectivity index (χ0n) is 14.5. The van der Waals surface area contributed by atoms with Crippen molar-refractivity contribution in [3.05, 3.63) is 41.9 Å². The maximum absolute atomic E-state index is 12.1. The van der Waals surface area contributed by atoms with Gasteiger partial charge in [0.15, 0.2) is 0 Å². The molecule has 26 heavy (non-hydrogen) atoms. The Morgan fingerprint density at radius 3 is 2.38 bits per heavy atom. The maximum Gasteiger partial charge on any atom is 0.335 e. The lowest BCUT2D eigenvalue weighted by Gasteiger charge is -2.30. The average molecular weight is 357 g/mol. The Hall–Kier alpha value is -3.16. The second kappa shape index (κ2) is 7.38. The van der Waals surface area contributed by atoms with Crippen molar-refractivity contribution >= 4 is 11.9 Å². The summed E-state index contributed by atoms with van der Waals surface area (Å²) in [4.78, 5) is 33.2. The van der Waals surface area contributed by atoms with Gasteiger partial charge in [-0.1, -0.05) is 0 Å². The molecule has 0 aliphatic carbocycles. The minimum absolute atomic E-state index is 0.0377. The minimum atomic E-state index is -1.09. The van der Waals surface area contributed by atoms with Gasteiger partial charge in [0.25, 0.3) is 5.91 Å². The second-order valence-corrected chi connectivity index (χ2v) is 6.15. The summed E-state index contributed by atoms with van der Waals surface area (Å²) in [6, 6.07) is 4.37. The van der Waals surface area contributed by atoms with Crippen LogP contribution in [0, 0.1) is 0 Å². The van der Waals surface area contributed by atoms with E-state index in [1.165, 1.54) is 24.5 Å². The molecule has 1 aromatic carbocycles. The summed E-state index contributed by atoms with van der Waals surface area (Å²) >= 11 is 0. The Morgan fingerprint density at radius 2 is 1.85 bits per heavy atom. The molecule has 1 fully saturated rings. The van der Waals surface area contributed by atoms with Gasteiger partial charge in [-0.05, 0) is 32.4 Å². The molecule has 136 valence electrons. The monoisotopic (exact) mass is 357 g/mol. The molecule has 8 nitrogen and oxygen atoms in total. The normalized spacial score (nSPS) is 13.3. The first-order valence-corrected chi connectivity index (χ1v) is 8.26. The number of aromatic carboxylic acids is 1. The van der Waals surface area contributed by atoms with E-state index in [0.717, 1.165) is 19.5 Å². The summed E-state index contributed by atoms with van der Waals surface area (Å²) in [7, 11) is 0. The summed E-state index contributed by atoms with van der Waals surface area (Å²) in [5, 5.41) is 9.23. The standard InChI is InChI=1S/C18H19N3O5/c1-11(2)25-13-6-12(18(23)24)7-14(8-13)26-16-10-19-15(9-20-16)17(22)21-4-3-5-21/h6-11H,3-5H2,1-2H3,(H,23,24). The van der Waals surface area contributed by atoms with Crippen LogP contribution in [0.3, 0.4) is 0 Å². The molecule has 1 amide bonds. The molecule has 0 unspecified atom stereocenters. The molecule has 0 spiro atoms. The number of rotatable bonds is 6. The van der Waals surface area contributed by atoms with E-state index in [0.29, 0.717) is 5.75 Å². The predicted molar refractivity (Wildman–Crippen MR) is 91.8 cm³/mol. The molecule has 0 atom stereocenters. The Bertz CT molecular complexity index is 816. The Labute approximate surface area is 150 Å². The fourth-order valence-electron chi connectivity index (χ4n) is 2.38. The third-order valence-corrected chi connectivity index (χ3v) is 3.71. The van der Waals surface area contributed by atoms with Crippen molar-refractivity contribution < 1.29 is 24.2 Å². The van der Waals surface area contributed by atoms with Gasteiger partial charge in [-0.3, -0.25) is 4.79 Å². The van der Waals surface area contributed by atoms with Crippen LogP contribution >= 0.6 is 0 Å². The Kier molecular flexibility index (Phi) is 5.01. The highest BCUT2D eigenvalue weighted by Gasteiger charge is 2.22. The van der Waals surface area contributed by atoms with E-state index in [4.69, 9.17) is 9.47 Å². The quantitative estimate of drug-likeness (QED) is 0.848. The van der Waals surface area contributed by atoms with Crippen molar-refractivity contribution in [1.29, 1.82) is 0 Å². The van der Waals surface area contributed by atoms with Crippen LogP contribution in [0.15, 0.2) is 30.6 Å². The number of ether oxygens (including phenoxy) is 2. The molecule has 1 aromatic heterocycles. The predicted octanol–water partition coefficient (Wildman–Crippen LogP) is 2.60. The summed E-state index contributed by atoms with van der Waals surface area (Å²) in [5.74, 6) is -0.450. The molecule has 0 bridgehead atoms. The van der Waals surface area contributed by atoms with Gasteiger partial charge in [-0.2, -0.15) is 0 Å². The summed E-state index contributed by atoms with van der Waals surface area (Å²) in [6.45, 7) is 5.15. The molecular weight excluding hydrogens is 338 g/mol. The van der Waals surface area contributed by atoms with Crippen LogP contribution in [0.25, 0.3) is 0 Å². The number of nitrogens with zero attached hydrogens (tertiary/aromatic N) is 3. The molecular formula is C18H19N3O5. The minimum Gasteiger partial charge on any atom is -0.491 e. The highest BCUT2D eigenvalue weighted by Crippen LogP contribution is 2.27. The van der Waals surface area contributed by atoms with Gasteiger partial charge in [-0.25, -0.2) is 14.8 Å². The molecule has 0 saturated carbocycles. The van der Waals surface area contributed by atoms with Crippen molar-refractivity contribution in [3.8, 4) is 17.4 Å². The van der Waals surface area contributed by atoms with Crippen LogP contribution in [0.2, 0.25) is 0 Å². The van der Waals surface area contributed by atoms with Gasteiger partial charge in [-0.15, -0.1) is 0 Å². The number of benzene rings is 1. The van der Waals surface area contributed by atoms with Crippen LogP contribution in [0.4, 0.5) is 0 Å². The fourth-order valence-corrected chi connectivity index (χ4v) is 2.38. The summed E-state index contributed by atoms with van der Waals surface area (Å²) < 4.78 is 11.1. The smallest absolute Gasteiger partial charge is 0.335 e. The van der Waals surface area contributed by atoms with E-state index in [2.05, 4.69) is 9.97 Å². The number of aromatic nitrogens is 2. The van der Waals surface area contributed by atoms with Gasteiger partial charge >= 0.3 is 5.97 Å². The van der Waals surface area contributed by atoms with Crippen LogP contribution < -0.4 is 9.47 Å². The highest BCUT2D eigenvalue weighted by atomic mass is 16.5. The SMILES string of the molecule is CC(C)Oc1cc(Oc2cnc(C(=O)N3CCC3)cn2)cc(C(=O)O)c1. The first-order chi connectivity index (χ1) is 12.4. The number of hydrogen-bond acceptors (Lipinski definition) is 6. The van der Waals surface area contributed by atoms with Crippen LogP contribution in [0.5, 0.6) is 17.4 Å². The van der Waals surface area contributed by atoms with E-state index in [1.807, 2.05) is 13.8 Å². The molecule has 3 rings (SSSR count). The molecule has 1 aliphatic rings. The molecule has 1 saturated heterocycles. The van der Waals surface area contributed by atoms with Gasteiger partial charge in [0.1, 0.15) is 17.2 Å². The van der Waals surface area contributed by atoms with Crippen molar-refractivity contribution in [1.82, 2.24) is 14.9 Å². The third kappa shape index (κ3) is 4.08. The zero-order valence-corrected chi connectivity index (χ0v) is 14.5. The van der Waals surface area contributed by atoms with Crippen LogP contribution in [0.1, 0.15) is 41.1 Å². The number of carbonyl (C=O) groups excluding carboxylic acids is 1. The van der Waals surface area contributed by atoms with Crippen molar-refractivity contribution in [2.45, 2.75) is 26.4 Å². The van der Waals surface area contributed by atoms with Crippen LogP contribution in [-0.4, -0.2) is 51.0 Å². The van der Waals surface area contributed by atoms with Gasteiger partial charge < -0.3 is 19.5 Å². The lowest BCUT2D eigenvalue weighted by atomic mass is 10.2. The lowest BCUT2D eigenvalue weighted by molar-refractivity contribution is 0.0643. The van der Waals surface area contributed by atoms with Crippen molar-refractivity contribution in [3.63, 3.8) is 0 Å². The Morgan fingerprint density at radius 1 is 1.12 bits per heavy atom. The molecule has 2 heterocycles. The largest absolute Gasteiger partial charge is 0.491 e. The first-order valence-electron chi connectivity index (χ1n) is 8.26. The number of carbonyl (C=O) groups is 2. The summed E-state index contributed by atoms with van der Waals surface area (Å²) in [6.07, 6.45) is 3.58. The second-order valence-electron chi connectivity index (χ2n) is 6.15. The van der Waals surface area contributed by atoms with Crippen LogP contribution in [-0.2, 0) is 0 Å². The van der Waals surface area contributed by atoms with E-state index in [9.17, 15) is 14.7 Å². The average Bonchev–Trinajstić information content (AvgIpc) is 2.53. The van der Waals surface area contributed by atoms with Gasteiger partial charge in [0.05, 0.1) is 24.1 Å². The fraction of sp³-hybridized carbons (Fsp3) is 0.333. The van der Waals surface area contributed by atoms with E-state index < -0.39 is 5.97 Å². The molecule has 8 heteroatoms. The van der Waals surface area contributed by atoms with Crippen molar-refractivity contribution in [2.24, 2.45) is 0 Å². The van der Waals surface area contributed by atoms with E-state index in [1.54, 1.807) is 11.0 Å². The van der Waals surface area contributed by atoms with Gasteiger partial charge in [0, 0.05) is 19.2 Å². The van der Waals surface area contributed by atoms with Gasteiger partial charge in [0.2, 0.25) is 5.88 Å². The number of likely N-dealkylation sites (tertiary alicyclic amines) is 1. The molecule has 1 N–H and O–H groups in total. The lowest BCUT2D eigenvalue weighted by Crippen LogP contribution is -2.42. The molecule has 1 aliphatic heterocycles. The molecule has 2 aromatic rings. The number of carboxylic acid groups (broad SMARTS) is 1. The first kappa shape index (κ1) is 17.7. The zero-order chi connectivity index (χ0) is 18.7. The van der Waals surface area contributed by atoms with E-state index in [-0.39, 0.29) is 34.9 Å². The third-order valence-electron chi connectivity index (χ3n) is 3.71. The number of amides is 1. The van der Waals surface area contributed by atoms with Crippen molar-refractivity contribution in [2.75, 3.05) is 13.1 Å². The maximum atomic E-state index is 12.1.